The second-order valence-corrected chi connectivity index (χ2v) is 6.35. The lowest BCUT2D eigenvalue weighted by Crippen LogP contribution is -2.36. The number of ether oxygens (including phenoxy) is 2. The van der Waals surface area contributed by atoms with Crippen molar-refractivity contribution in [3.05, 3.63) is 66.1 Å². The average molecular weight is 430 g/mol. The van der Waals surface area contributed by atoms with E-state index in [9.17, 15) is 8.78 Å². The van der Waals surface area contributed by atoms with Crippen LogP contribution in [0.3, 0.4) is 0 Å². The summed E-state index contributed by atoms with van der Waals surface area (Å²) in [4.78, 5) is 8.60. The summed E-state index contributed by atoms with van der Waals surface area (Å²) in [5.74, 6) is 1.27. The summed E-state index contributed by atoms with van der Waals surface area (Å²) in [6.07, 6.45) is 1.57. The van der Waals surface area contributed by atoms with Crippen molar-refractivity contribution in [2.75, 3.05) is 13.7 Å². The van der Waals surface area contributed by atoms with Crippen molar-refractivity contribution in [3.63, 3.8) is 0 Å². The summed E-state index contributed by atoms with van der Waals surface area (Å²) < 4.78 is 41.4. The van der Waals surface area contributed by atoms with Gasteiger partial charge in [-0.2, -0.15) is 8.78 Å². The zero-order chi connectivity index (χ0) is 22.1. The maximum Gasteiger partial charge on any atom is 0.387 e. The molecule has 0 amide bonds. The van der Waals surface area contributed by atoms with Crippen molar-refractivity contribution in [1.29, 1.82) is 0 Å². The topological polar surface area (TPSA) is 80.9 Å². The van der Waals surface area contributed by atoms with Crippen LogP contribution in [0.5, 0.6) is 11.5 Å². The quantitative estimate of drug-likeness (QED) is 0.391. The molecule has 0 aliphatic heterocycles. The number of hydrogen-bond donors (Lipinski definition) is 2. The van der Waals surface area contributed by atoms with Gasteiger partial charge in [0.15, 0.2) is 17.5 Å². The van der Waals surface area contributed by atoms with Crippen molar-refractivity contribution in [1.82, 2.24) is 15.6 Å². The molecule has 1 aromatic heterocycles. The summed E-state index contributed by atoms with van der Waals surface area (Å²) in [5.41, 5.74) is 2.10. The van der Waals surface area contributed by atoms with Gasteiger partial charge in [-0.05, 0) is 25.1 Å². The second-order valence-electron chi connectivity index (χ2n) is 6.35. The van der Waals surface area contributed by atoms with Crippen LogP contribution in [0.15, 0.2) is 64.2 Å². The standard InChI is InChI=1S/C22H24F2N4O3/c1-3-29-18-11-7-10-16(19(18)31-21(23)24)12-26-22(25-2)27-13-17-14-30-20(28-17)15-8-5-4-6-9-15/h4-11,14,21H,3,12-13H2,1-2H3,(H2,25,26,27). The monoisotopic (exact) mass is 430 g/mol. The Morgan fingerprint density at radius 2 is 1.87 bits per heavy atom. The molecule has 3 rings (SSSR count). The number of benzene rings is 2. The number of hydrogen-bond acceptors (Lipinski definition) is 5. The van der Waals surface area contributed by atoms with Gasteiger partial charge in [0.05, 0.1) is 18.8 Å². The Kier molecular flexibility index (Phi) is 7.80. The molecule has 9 heteroatoms. The lowest BCUT2D eigenvalue weighted by atomic mass is 10.2. The van der Waals surface area contributed by atoms with Crippen LogP contribution < -0.4 is 20.1 Å². The Balaban J connectivity index is 1.61. The molecule has 2 aromatic carbocycles. The number of nitrogens with one attached hydrogen (secondary N) is 2. The van der Waals surface area contributed by atoms with Crippen molar-refractivity contribution in [2.45, 2.75) is 26.6 Å². The predicted octanol–water partition coefficient (Wildman–Crippen LogP) is 4.21. The Labute approximate surface area is 179 Å². The van der Waals surface area contributed by atoms with Gasteiger partial charge in [-0.3, -0.25) is 4.99 Å². The first-order valence-corrected chi connectivity index (χ1v) is 9.74. The molecule has 7 nitrogen and oxygen atoms in total. The van der Waals surface area contributed by atoms with Gasteiger partial charge in [0.2, 0.25) is 5.89 Å². The Bertz CT molecular complexity index is 993. The van der Waals surface area contributed by atoms with Crippen molar-refractivity contribution in [3.8, 4) is 23.0 Å². The van der Waals surface area contributed by atoms with E-state index in [0.717, 1.165) is 5.56 Å². The molecule has 0 spiro atoms. The van der Waals surface area contributed by atoms with Gasteiger partial charge in [0.1, 0.15) is 6.26 Å². The number of para-hydroxylation sites is 1. The first kappa shape index (κ1) is 22.1. The molecule has 0 saturated heterocycles. The first-order chi connectivity index (χ1) is 15.1. The molecule has 0 fully saturated rings. The molecule has 0 aliphatic rings. The van der Waals surface area contributed by atoms with Crippen LogP contribution >= 0.6 is 0 Å². The maximum absolute atomic E-state index is 12.9. The number of nitrogens with zero attached hydrogens (tertiary/aromatic N) is 2. The molecular weight excluding hydrogens is 406 g/mol. The van der Waals surface area contributed by atoms with Gasteiger partial charge in [-0.15, -0.1) is 0 Å². The van der Waals surface area contributed by atoms with Gasteiger partial charge in [-0.25, -0.2) is 4.98 Å². The third-order valence-electron chi connectivity index (χ3n) is 4.25. The number of guanidine groups is 1. The van der Waals surface area contributed by atoms with Gasteiger partial charge in [0.25, 0.3) is 0 Å². The molecule has 2 N–H and O–H groups in total. The number of aromatic nitrogens is 1. The largest absolute Gasteiger partial charge is 0.490 e. The van der Waals surface area contributed by atoms with E-state index in [4.69, 9.17) is 9.15 Å². The molecule has 164 valence electrons. The smallest absolute Gasteiger partial charge is 0.387 e. The number of halogens is 2. The highest BCUT2D eigenvalue weighted by Gasteiger charge is 2.16. The van der Waals surface area contributed by atoms with Gasteiger partial charge < -0.3 is 24.5 Å². The Hall–Kier alpha value is -3.62. The van der Waals surface area contributed by atoms with Gasteiger partial charge in [-0.1, -0.05) is 30.3 Å². The minimum absolute atomic E-state index is 0.00584. The molecule has 0 saturated carbocycles. The normalized spacial score (nSPS) is 11.5. The Morgan fingerprint density at radius 1 is 1.10 bits per heavy atom. The maximum atomic E-state index is 12.9. The summed E-state index contributed by atoms with van der Waals surface area (Å²) in [7, 11) is 1.61. The van der Waals surface area contributed by atoms with Crippen molar-refractivity contribution in [2.24, 2.45) is 4.99 Å². The Morgan fingerprint density at radius 3 is 2.58 bits per heavy atom. The highest BCUT2D eigenvalue weighted by atomic mass is 19.3. The van der Waals surface area contributed by atoms with Crippen LogP contribution in [0, 0.1) is 0 Å². The number of oxazole rings is 1. The molecule has 1 heterocycles. The molecular formula is C22H24F2N4O3. The lowest BCUT2D eigenvalue weighted by Gasteiger charge is -2.17. The molecule has 3 aromatic rings. The summed E-state index contributed by atoms with van der Waals surface area (Å²) in [6.45, 7) is -0.270. The number of rotatable bonds is 9. The van der Waals surface area contributed by atoms with Crippen LogP contribution in [0.25, 0.3) is 11.5 Å². The predicted molar refractivity (Wildman–Crippen MR) is 113 cm³/mol. The number of aliphatic imine (C=N–C) groups is 1. The van der Waals surface area contributed by atoms with E-state index < -0.39 is 6.61 Å². The summed E-state index contributed by atoms with van der Waals surface area (Å²) >= 11 is 0. The molecule has 0 unspecified atom stereocenters. The fourth-order valence-electron chi connectivity index (χ4n) is 2.87. The second kappa shape index (κ2) is 11.0. The SMILES string of the molecule is CCOc1cccc(CNC(=NC)NCc2coc(-c3ccccc3)n2)c1OC(F)F. The van der Waals surface area contributed by atoms with Crippen LogP contribution in [0.2, 0.25) is 0 Å². The highest BCUT2D eigenvalue weighted by molar-refractivity contribution is 5.79. The lowest BCUT2D eigenvalue weighted by molar-refractivity contribution is -0.0520. The van der Waals surface area contributed by atoms with Crippen LogP contribution in [0.4, 0.5) is 8.78 Å². The van der Waals surface area contributed by atoms with Crippen molar-refractivity contribution < 1.29 is 22.7 Å². The zero-order valence-electron chi connectivity index (χ0n) is 17.3. The molecule has 0 bridgehead atoms. The minimum atomic E-state index is -2.95. The van der Waals surface area contributed by atoms with E-state index in [0.29, 0.717) is 36.3 Å². The van der Waals surface area contributed by atoms with E-state index in [1.165, 1.54) is 0 Å². The van der Waals surface area contributed by atoms with Crippen molar-refractivity contribution >= 4 is 5.96 Å². The van der Waals surface area contributed by atoms with Gasteiger partial charge in [0, 0.05) is 24.7 Å². The molecule has 0 radical (unpaired) electrons. The van der Waals surface area contributed by atoms with E-state index in [2.05, 4.69) is 25.3 Å². The molecule has 0 atom stereocenters. The average Bonchev–Trinajstić information content (AvgIpc) is 3.25. The van der Waals surface area contributed by atoms with E-state index in [1.54, 1.807) is 38.4 Å². The van der Waals surface area contributed by atoms with Crippen LogP contribution in [0.1, 0.15) is 18.2 Å². The minimum Gasteiger partial charge on any atom is -0.490 e. The first-order valence-electron chi connectivity index (χ1n) is 9.74. The fourth-order valence-corrected chi connectivity index (χ4v) is 2.87. The summed E-state index contributed by atoms with van der Waals surface area (Å²) in [6, 6.07) is 14.6. The summed E-state index contributed by atoms with van der Waals surface area (Å²) in [5, 5.41) is 6.19. The highest BCUT2D eigenvalue weighted by Crippen LogP contribution is 2.32. The third-order valence-corrected chi connectivity index (χ3v) is 4.25. The number of alkyl halides is 2. The third kappa shape index (κ3) is 6.18. The fraction of sp³-hybridized carbons (Fsp3) is 0.273. The van der Waals surface area contributed by atoms with Crippen LogP contribution in [-0.2, 0) is 13.1 Å². The van der Waals surface area contributed by atoms with Gasteiger partial charge >= 0.3 is 6.61 Å². The van der Waals surface area contributed by atoms with E-state index in [-0.39, 0.29) is 18.0 Å². The van der Waals surface area contributed by atoms with E-state index in [1.807, 2.05) is 30.3 Å². The van der Waals surface area contributed by atoms with Crippen LogP contribution in [-0.4, -0.2) is 31.2 Å². The van der Waals surface area contributed by atoms with E-state index >= 15 is 0 Å². The zero-order valence-corrected chi connectivity index (χ0v) is 17.3. The molecule has 0 aliphatic carbocycles. The molecule has 31 heavy (non-hydrogen) atoms.